The van der Waals surface area contributed by atoms with Gasteiger partial charge in [0.2, 0.25) is 5.91 Å². The summed E-state index contributed by atoms with van der Waals surface area (Å²) in [6, 6.07) is 16.2. The second-order valence-corrected chi connectivity index (χ2v) is 7.95. The predicted molar refractivity (Wildman–Crippen MR) is 117 cm³/mol. The van der Waals surface area contributed by atoms with Crippen molar-refractivity contribution < 1.29 is 19.1 Å². The van der Waals surface area contributed by atoms with Crippen molar-refractivity contribution in [2.45, 2.75) is 37.8 Å². The quantitative estimate of drug-likeness (QED) is 0.720. The van der Waals surface area contributed by atoms with Crippen LogP contribution in [0.1, 0.15) is 47.6 Å². The molecule has 2 N–H and O–H groups in total. The van der Waals surface area contributed by atoms with Crippen molar-refractivity contribution >= 4 is 23.4 Å². The molecular formula is C24H27N3O4. The van der Waals surface area contributed by atoms with Gasteiger partial charge in [-0.3, -0.25) is 14.4 Å². The number of amides is 3. The molecule has 0 bridgehead atoms. The molecule has 2 aromatic rings. The highest BCUT2D eigenvalue weighted by atomic mass is 16.5. The van der Waals surface area contributed by atoms with Gasteiger partial charge in [0.25, 0.3) is 11.8 Å². The molecule has 2 atom stereocenters. The Hall–Kier alpha value is -3.19. The van der Waals surface area contributed by atoms with Crippen LogP contribution in [0.3, 0.4) is 0 Å². The van der Waals surface area contributed by atoms with E-state index >= 15 is 0 Å². The Balaban J connectivity index is 1.46. The number of hydrogen-bond acceptors (Lipinski definition) is 4. The number of rotatable bonds is 7. The molecule has 3 amide bonds. The maximum Gasteiger partial charge on any atom is 0.253 e. The molecule has 0 aliphatic carbocycles. The minimum atomic E-state index is -0.432. The van der Waals surface area contributed by atoms with E-state index in [0.29, 0.717) is 43.8 Å². The summed E-state index contributed by atoms with van der Waals surface area (Å²) in [5, 5.41) is 5.89. The van der Waals surface area contributed by atoms with Gasteiger partial charge in [0, 0.05) is 37.4 Å². The second kappa shape index (κ2) is 9.75. The Morgan fingerprint density at radius 3 is 2.65 bits per heavy atom. The van der Waals surface area contributed by atoms with Crippen molar-refractivity contribution in [1.82, 2.24) is 10.2 Å². The Kier molecular flexibility index (Phi) is 6.62. The Bertz CT molecular complexity index is 941. The SMILES string of the molecule is O=C(N[C@H](CN1CCCC1=O)c1ccccc1)c1cccc(NC(=O)[C@H]2CCCO2)c1. The van der Waals surface area contributed by atoms with Crippen molar-refractivity contribution in [3.8, 4) is 0 Å². The number of carbonyl (C=O) groups excluding carboxylic acids is 3. The van der Waals surface area contributed by atoms with E-state index in [1.54, 1.807) is 29.2 Å². The highest BCUT2D eigenvalue weighted by molar-refractivity contribution is 5.98. The van der Waals surface area contributed by atoms with Crippen LogP contribution >= 0.6 is 0 Å². The highest BCUT2D eigenvalue weighted by Crippen LogP contribution is 2.20. The first-order valence-electron chi connectivity index (χ1n) is 10.8. The maximum absolute atomic E-state index is 13.0. The maximum atomic E-state index is 13.0. The van der Waals surface area contributed by atoms with Crippen LogP contribution in [0.15, 0.2) is 54.6 Å². The molecule has 0 saturated carbocycles. The van der Waals surface area contributed by atoms with Crippen LogP contribution in [0.4, 0.5) is 5.69 Å². The summed E-state index contributed by atoms with van der Waals surface area (Å²) >= 11 is 0. The fraction of sp³-hybridized carbons (Fsp3) is 0.375. The van der Waals surface area contributed by atoms with Gasteiger partial charge in [-0.25, -0.2) is 0 Å². The molecule has 0 unspecified atom stereocenters. The van der Waals surface area contributed by atoms with Crippen LogP contribution in [0.2, 0.25) is 0 Å². The number of ether oxygens (including phenoxy) is 1. The topological polar surface area (TPSA) is 87.7 Å². The normalized spacial score (nSPS) is 19.3. The van der Waals surface area contributed by atoms with E-state index in [4.69, 9.17) is 4.74 Å². The largest absolute Gasteiger partial charge is 0.368 e. The lowest BCUT2D eigenvalue weighted by Gasteiger charge is -2.25. The lowest BCUT2D eigenvalue weighted by atomic mass is 10.1. The molecule has 0 spiro atoms. The summed E-state index contributed by atoms with van der Waals surface area (Å²) in [5.41, 5.74) is 1.94. The molecule has 2 fully saturated rings. The molecule has 7 nitrogen and oxygen atoms in total. The van der Waals surface area contributed by atoms with Crippen LogP contribution in [-0.4, -0.2) is 48.4 Å². The third-order valence-electron chi connectivity index (χ3n) is 5.70. The van der Waals surface area contributed by atoms with E-state index in [1.807, 2.05) is 30.3 Å². The van der Waals surface area contributed by atoms with E-state index in [-0.39, 0.29) is 23.8 Å². The number of nitrogens with one attached hydrogen (secondary N) is 2. The van der Waals surface area contributed by atoms with Crippen LogP contribution in [0, 0.1) is 0 Å². The molecule has 0 aromatic heterocycles. The van der Waals surface area contributed by atoms with Crippen molar-refractivity contribution in [3.63, 3.8) is 0 Å². The molecule has 2 saturated heterocycles. The molecule has 2 aliphatic heterocycles. The first kappa shape index (κ1) is 21.1. The molecular weight excluding hydrogens is 394 g/mol. The Morgan fingerprint density at radius 2 is 1.94 bits per heavy atom. The van der Waals surface area contributed by atoms with Gasteiger partial charge in [-0.05, 0) is 43.0 Å². The summed E-state index contributed by atoms with van der Waals surface area (Å²) in [4.78, 5) is 39.3. The molecule has 162 valence electrons. The van der Waals surface area contributed by atoms with Gasteiger partial charge in [0.1, 0.15) is 6.10 Å². The van der Waals surface area contributed by atoms with Crippen molar-refractivity contribution in [1.29, 1.82) is 0 Å². The average Bonchev–Trinajstić information content (AvgIpc) is 3.46. The van der Waals surface area contributed by atoms with Gasteiger partial charge in [0.15, 0.2) is 0 Å². The Labute approximate surface area is 181 Å². The number of hydrogen-bond donors (Lipinski definition) is 2. The smallest absolute Gasteiger partial charge is 0.253 e. The monoisotopic (exact) mass is 421 g/mol. The zero-order valence-corrected chi connectivity index (χ0v) is 17.4. The summed E-state index contributed by atoms with van der Waals surface area (Å²) in [6.07, 6.45) is 2.56. The average molecular weight is 421 g/mol. The fourth-order valence-electron chi connectivity index (χ4n) is 4.02. The molecule has 2 aromatic carbocycles. The minimum Gasteiger partial charge on any atom is -0.368 e. The van der Waals surface area contributed by atoms with Gasteiger partial charge >= 0.3 is 0 Å². The number of anilines is 1. The van der Waals surface area contributed by atoms with E-state index in [1.165, 1.54) is 0 Å². The highest BCUT2D eigenvalue weighted by Gasteiger charge is 2.26. The summed E-state index contributed by atoms with van der Waals surface area (Å²) in [7, 11) is 0. The van der Waals surface area contributed by atoms with Gasteiger partial charge in [0.05, 0.1) is 6.04 Å². The molecule has 2 heterocycles. The van der Waals surface area contributed by atoms with Gasteiger partial charge in [-0.2, -0.15) is 0 Å². The predicted octanol–water partition coefficient (Wildman–Crippen LogP) is 2.90. The first-order valence-corrected chi connectivity index (χ1v) is 10.8. The van der Waals surface area contributed by atoms with Gasteiger partial charge in [-0.15, -0.1) is 0 Å². The van der Waals surface area contributed by atoms with Crippen molar-refractivity contribution in [2.24, 2.45) is 0 Å². The van der Waals surface area contributed by atoms with Gasteiger partial charge < -0.3 is 20.3 Å². The molecule has 7 heteroatoms. The van der Waals surface area contributed by atoms with E-state index < -0.39 is 6.10 Å². The second-order valence-electron chi connectivity index (χ2n) is 7.95. The van der Waals surface area contributed by atoms with E-state index in [0.717, 1.165) is 18.4 Å². The molecule has 4 rings (SSSR count). The van der Waals surface area contributed by atoms with Crippen LogP contribution in [0.5, 0.6) is 0 Å². The lowest BCUT2D eigenvalue weighted by Crippen LogP contribution is -2.38. The van der Waals surface area contributed by atoms with E-state index in [2.05, 4.69) is 10.6 Å². The van der Waals surface area contributed by atoms with Gasteiger partial charge in [-0.1, -0.05) is 36.4 Å². The minimum absolute atomic E-state index is 0.119. The Morgan fingerprint density at radius 1 is 1.10 bits per heavy atom. The molecule has 31 heavy (non-hydrogen) atoms. The number of benzene rings is 2. The van der Waals surface area contributed by atoms with Crippen LogP contribution in [0.25, 0.3) is 0 Å². The lowest BCUT2D eigenvalue weighted by molar-refractivity contribution is -0.128. The molecule has 0 radical (unpaired) electrons. The third-order valence-corrected chi connectivity index (χ3v) is 5.70. The van der Waals surface area contributed by atoms with E-state index in [9.17, 15) is 14.4 Å². The third kappa shape index (κ3) is 5.30. The van der Waals surface area contributed by atoms with Crippen molar-refractivity contribution in [3.05, 3.63) is 65.7 Å². The summed E-state index contributed by atoms with van der Waals surface area (Å²) in [6.45, 7) is 1.74. The zero-order valence-electron chi connectivity index (χ0n) is 17.4. The van der Waals surface area contributed by atoms with Crippen LogP contribution in [-0.2, 0) is 14.3 Å². The number of nitrogens with zero attached hydrogens (tertiary/aromatic N) is 1. The number of carbonyl (C=O) groups is 3. The molecule has 2 aliphatic rings. The van der Waals surface area contributed by atoms with Crippen LogP contribution < -0.4 is 10.6 Å². The summed E-state index contributed by atoms with van der Waals surface area (Å²) in [5.74, 6) is -0.326. The first-order chi connectivity index (χ1) is 15.1. The van der Waals surface area contributed by atoms with Crippen molar-refractivity contribution in [2.75, 3.05) is 25.0 Å². The number of likely N-dealkylation sites (tertiary alicyclic amines) is 1. The zero-order chi connectivity index (χ0) is 21.6. The summed E-state index contributed by atoms with van der Waals surface area (Å²) < 4.78 is 5.41. The fourth-order valence-corrected chi connectivity index (χ4v) is 4.02. The standard InChI is InChI=1S/C24H27N3O4/c28-22-12-5-13-27(22)16-20(17-7-2-1-3-8-17)26-23(29)18-9-4-10-19(15-18)25-24(30)21-11-6-14-31-21/h1-4,7-10,15,20-21H,5-6,11-14,16H2,(H,25,30)(H,26,29)/t20-,21-/m1/s1.